The van der Waals surface area contributed by atoms with Crippen LogP contribution in [-0.2, 0) is 17.5 Å². The van der Waals surface area contributed by atoms with Crippen molar-refractivity contribution in [1.82, 2.24) is 20.4 Å². The zero-order valence-electron chi connectivity index (χ0n) is 24.5. The van der Waals surface area contributed by atoms with Crippen LogP contribution in [0.15, 0.2) is 40.9 Å². The van der Waals surface area contributed by atoms with Gasteiger partial charge in [-0.25, -0.2) is 4.39 Å². The van der Waals surface area contributed by atoms with Gasteiger partial charge in [0.25, 0.3) is 5.91 Å². The molecule has 2 N–H and O–H groups in total. The van der Waals surface area contributed by atoms with Gasteiger partial charge in [0.2, 0.25) is 11.7 Å². The fourth-order valence-electron chi connectivity index (χ4n) is 5.27. The Bertz CT molecular complexity index is 1720. The van der Waals surface area contributed by atoms with E-state index in [2.05, 4.69) is 20.8 Å². The van der Waals surface area contributed by atoms with Gasteiger partial charge in [0, 0.05) is 13.1 Å². The zero-order chi connectivity index (χ0) is 31.8. The zero-order valence-corrected chi connectivity index (χ0v) is 26.2. The van der Waals surface area contributed by atoms with Gasteiger partial charge in [0.15, 0.2) is 0 Å². The normalized spacial score (nSPS) is 18.0. The highest BCUT2D eigenvalue weighted by atomic mass is 32.1. The number of carbonyl (C=O) groups is 1. The molecule has 0 spiro atoms. The summed E-state index contributed by atoms with van der Waals surface area (Å²) in [6.07, 6.45) is -6.32. The second-order valence-electron chi connectivity index (χ2n) is 11.1. The third-order valence-electron chi connectivity index (χ3n) is 7.38. The number of piperidine rings is 1. The van der Waals surface area contributed by atoms with E-state index < -0.39 is 37.9 Å². The number of hydrogen-bond acceptors (Lipinski definition) is 9. The number of likely N-dealkylation sites (tertiary alicyclic amines) is 1. The summed E-state index contributed by atoms with van der Waals surface area (Å²) >= 11 is 1.07. The maximum Gasteiger partial charge on any atom is 0.393 e. The van der Waals surface area contributed by atoms with Crippen molar-refractivity contribution in [3.63, 3.8) is 0 Å². The minimum atomic E-state index is -4.51. The number of benzene rings is 2. The van der Waals surface area contributed by atoms with E-state index in [1.165, 1.54) is 13.2 Å². The van der Waals surface area contributed by atoms with E-state index in [0.29, 0.717) is 34.0 Å². The minimum Gasteiger partial charge on any atom is -0.495 e. The predicted octanol–water partition coefficient (Wildman–Crippen LogP) is 5.70. The van der Waals surface area contributed by atoms with E-state index in [1.807, 2.05) is 11.9 Å². The summed E-state index contributed by atoms with van der Waals surface area (Å²) in [5, 5.41) is 10.6. The Balaban J connectivity index is 1.42. The first-order chi connectivity index (χ1) is 20.7. The Morgan fingerprint density at radius 2 is 1.98 bits per heavy atom. The number of aromatic nitrogens is 2. The molecule has 1 aliphatic heterocycles. The number of alkyl halides is 4. The molecule has 2 aromatic heterocycles. The van der Waals surface area contributed by atoms with Gasteiger partial charge in [-0.3, -0.25) is 4.79 Å². The van der Waals surface area contributed by atoms with Crippen molar-refractivity contribution in [2.75, 3.05) is 45.9 Å². The fraction of sp³-hybridized carbons (Fsp3) is 0.414. The molecule has 44 heavy (non-hydrogen) atoms. The molecule has 0 bridgehead atoms. The lowest BCUT2D eigenvalue weighted by molar-refractivity contribution is -0.126. The highest BCUT2D eigenvalue weighted by Crippen LogP contribution is 2.44. The Morgan fingerprint density at radius 3 is 2.66 bits per heavy atom. The van der Waals surface area contributed by atoms with Crippen molar-refractivity contribution in [3.8, 4) is 16.5 Å². The van der Waals surface area contributed by atoms with Crippen LogP contribution in [0, 0.1) is 0 Å². The molecule has 2 unspecified atom stereocenters. The summed E-state index contributed by atoms with van der Waals surface area (Å²) < 4.78 is 79.9. The highest BCUT2D eigenvalue weighted by Gasteiger charge is 2.34. The third kappa shape index (κ3) is 6.92. The van der Waals surface area contributed by atoms with Crippen molar-refractivity contribution in [3.05, 3.63) is 53.4 Å². The lowest BCUT2D eigenvalue weighted by atomic mass is 10.0. The number of rotatable bonds is 9. The molecule has 3 heterocycles. The van der Waals surface area contributed by atoms with Crippen molar-refractivity contribution >= 4 is 45.5 Å². The van der Waals surface area contributed by atoms with Crippen molar-refractivity contribution in [1.29, 1.82) is 0 Å². The quantitative estimate of drug-likeness (QED) is 0.175. The SMILES string of the molecule is COc1c(C(=O)NCc2nc(-c3sc4c(NC5CCN(C)CC5F)cccc4c3CC(F)(F)F)no2)cccc1P(C)(C)=O. The smallest absolute Gasteiger partial charge is 0.393 e. The summed E-state index contributed by atoms with van der Waals surface area (Å²) in [4.78, 5) is 19.3. The average Bonchev–Trinajstić information content (AvgIpc) is 3.56. The molecule has 1 aliphatic rings. The monoisotopic (exact) mass is 653 g/mol. The van der Waals surface area contributed by atoms with Gasteiger partial charge in [-0.15, -0.1) is 11.3 Å². The lowest BCUT2D eigenvalue weighted by Crippen LogP contribution is -2.46. The number of ether oxygens (including phenoxy) is 1. The molecule has 2 atom stereocenters. The van der Waals surface area contributed by atoms with Gasteiger partial charge in [-0.2, -0.15) is 18.2 Å². The van der Waals surface area contributed by atoms with Crippen LogP contribution in [0.4, 0.5) is 23.2 Å². The molecule has 0 radical (unpaired) electrons. The summed E-state index contributed by atoms with van der Waals surface area (Å²) in [6, 6.07) is 9.24. The lowest BCUT2D eigenvalue weighted by Gasteiger charge is -2.33. The van der Waals surface area contributed by atoms with Crippen LogP contribution in [0.5, 0.6) is 5.75 Å². The molecule has 4 aromatic rings. The van der Waals surface area contributed by atoms with Gasteiger partial charge in [-0.05, 0) is 55.9 Å². The number of nitrogens with one attached hydrogen (secondary N) is 2. The standard InChI is InChI=1S/C29H32F4N5O4PS/c1-38-12-11-20(19(30)15-38)35-21-9-5-7-16-18(13-29(31,32)33)26(44-25(16)21)27-36-23(42-37-27)14-34-28(39)17-8-6-10-22(24(17)41-2)43(3,4)40/h5-10,19-20,35H,11-15H2,1-4H3,(H,34,39). The predicted molar refractivity (Wildman–Crippen MR) is 163 cm³/mol. The van der Waals surface area contributed by atoms with Crippen LogP contribution in [0.3, 0.4) is 0 Å². The summed E-state index contributed by atoms with van der Waals surface area (Å²) in [5.41, 5.74) is 0.684. The van der Waals surface area contributed by atoms with Crippen molar-refractivity contribution < 1.29 is 36.2 Å². The van der Waals surface area contributed by atoms with E-state index in [0.717, 1.165) is 11.3 Å². The topological polar surface area (TPSA) is 110 Å². The average molecular weight is 654 g/mol. The molecule has 15 heteroatoms. The van der Waals surface area contributed by atoms with E-state index in [9.17, 15) is 26.9 Å². The van der Waals surface area contributed by atoms with Gasteiger partial charge >= 0.3 is 6.18 Å². The van der Waals surface area contributed by atoms with E-state index in [1.54, 1.807) is 43.7 Å². The summed E-state index contributed by atoms with van der Waals surface area (Å²) in [7, 11) is 0.471. The minimum absolute atomic E-state index is 0.0113. The Labute approximate surface area is 255 Å². The van der Waals surface area contributed by atoms with Crippen LogP contribution in [-0.4, -0.2) is 79.9 Å². The first-order valence-electron chi connectivity index (χ1n) is 13.8. The number of carbonyl (C=O) groups excluding carboxylic acids is 1. The molecular weight excluding hydrogens is 621 g/mol. The van der Waals surface area contributed by atoms with Crippen LogP contribution in [0.25, 0.3) is 20.8 Å². The first kappa shape index (κ1) is 31.9. The maximum atomic E-state index is 14.8. The number of methoxy groups -OCH3 is 1. The molecule has 1 amide bonds. The van der Waals surface area contributed by atoms with Gasteiger partial charge < -0.3 is 29.4 Å². The van der Waals surface area contributed by atoms with E-state index >= 15 is 0 Å². The Kier molecular flexibility index (Phi) is 9.06. The molecule has 0 saturated carbocycles. The summed E-state index contributed by atoms with van der Waals surface area (Å²) in [6.45, 7) is 3.89. The van der Waals surface area contributed by atoms with Crippen molar-refractivity contribution in [2.45, 2.75) is 37.8 Å². The number of anilines is 1. The number of nitrogens with zero attached hydrogens (tertiary/aromatic N) is 3. The van der Waals surface area contributed by atoms with E-state index in [4.69, 9.17) is 9.26 Å². The summed E-state index contributed by atoms with van der Waals surface area (Å²) in [5.74, 6) is -0.441. The molecule has 1 fully saturated rings. The van der Waals surface area contributed by atoms with Crippen LogP contribution in [0.2, 0.25) is 0 Å². The number of halogens is 4. The van der Waals surface area contributed by atoms with Crippen molar-refractivity contribution in [2.24, 2.45) is 0 Å². The molecule has 236 valence electrons. The number of hydrogen-bond donors (Lipinski definition) is 2. The Hall–Kier alpha value is -3.48. The number of thiophene rings is 1. The maximum absolute atomic E-state index is 14.8. The van der Waals surface area contributed by atoms with Crippen LogP contribution < -0.4 is 20.7 Å². The Morgan fingerprint density at radius 1 is 1.23 bits per heavy atom. The highest BCUT2D eigenvalue weighted by molar-refractivity contribution is 7.70. The van der Waals surface area contributed by atoms with Gasteiger partial charge in [0.1, 0.15) is 19.1 Å². The number of para-hydroxylation sites is 1. The second kappa shape index (κ2) is 12.5. The fourth-order valence-corrected chi connectivity index (χ4v) is 7.64. The van der Waals surface area contributed by atoms with Gasteiger partial charge in [-0.1, -0.05) is 23.4 Å². The third-order valence-corrected chi connectivity index (χ3v) is 10.2. The second-order valence-corrected chi connectivity index (χ2v) is 15.3. The number of amides is 1. The van der Waals surface area contributed by atoms with Crippen LogP contribution >= 0.6 is 18.5 Å². The van der Waals surface area contributed by atoms with Gasteiger partial charge in [0.05, 0.1) is 52.2 Å². The van der Waals surface area contributed by atoms with E-state index in [-0.39, 0.29) is 46.6 Å². The molecule has 2 aromatic carbocycles. The molecule has 9 nitrogen and oxygen atoms in total. The first-order valence-corrected chi connectivity index (χ1v) is 17.2. The molecule has 1 saturated heterocycles. The molecule has 0 aliphatic carbocycles. The largest absolute Gasteiger partial charge is 0.495 e. The number of fused-ring (bicyclic) bond motifs is 1. The molecular formula is C29H32F4N5O4PS. The van der Waals surface area contributed by atoms with Crippen LogP contribution in [0.1, 0.15) is 28.2 Å². The molecule has 5 rings (SSSR count).